The minimum atomic E-state index is -0.105. The van der Waals surface area contributed by atoms with Gasteiger partial charge >= 0.3 is 11.9 Å². The quantitative estimate of drug-likeness (QED) is 0.268. The first-order valence-corrected chi connectivity index (χ1v) is 10.4. The highest BCUT2D eigenvalue weighted by Gasteiger charge is 2.02. The molecule has 0 saturated carbocycles. The Morgan fingerprint density at radius 1 is 0.615 bits per heavy atom. The zero-order valence-corrected chi connectivity index (χ0v) is 16.9. The Bertz CT molecular complexity index is 306. The first-order valence-electron chi connectivity index (χ1n) is 10.4. The number of carbonyl (C=O) groups excluding carboxylic acids is 2. The van der Waals surface area contributed by atoms with Crippen molar-refractivity contribution >= 4 is 11.9 Å². The van der Waals surface area contributed by atoms with Crippen molar-refractivity contribution in [1.82, 2.24) is 10.6 Å². The predicted molar refractivity (Wildman–Crippen MR) is 105 cm³/mol. The van der Waals surface area contributed by atoms with E-state index in [0.29, 0.717) is 39.1 Å². The Kier molecular flexibility index (Phi) is 19.3. The number of unbranched alkanes of at least 4 members (excludes halogenated alkanes) is 5. The number of ether oxygens (including phenoxy) is 2. The largest absolute Gasteiger partial charge is 0.466 e. The smallest absolute Gasteiger partial charge is 0.307 e. The summed E-state index contributed by atoms with van der Waals surface area (Å²) in [5, 5.41) is 6.57. The molecule has 0 rings (SSSR count). The first-order chi connectivity index (χ1) is 12.7. The number of esters is 2. The molecular formula is C20H40N2O4. The summed E-state index contributed by atoms with van der Waals surface area (Å²) in [4.78, 5) is 22.8. The van der Waals surface area contributed by atoms with E-state index in [2.05, 4.69) is 24.5 Å². The van der Waals surface area contributed by atoms with Crippen LogP contribution in [0.5, 0.6) is 0 Å². The Hall–Kier alpha value is -1.14. The number of hydrogen-bond acceptors (Lipinski definition) is 6. The second-order valence-electron chi connectivity index (χ2n) is 6.56. The maximum atomic E-state index is 11.4. The summed E-state index contributed by atoms with van der Waals surface area (Å²) < 4.78 is 10.2. The Morgan fingerprint density at radius 2 is 1.04 bits per heavy atom. The monoisotopic (exact) mass is 372 g/mol. The number of nitrogens with one attached hydrogen (secondary N) is 2. The van der Waals surface area contributed by atoms with Crippen LogP contribution in [-0.4, -0.2) is 51.3 Å². The van der Waals surface area contributed by atoms with Gasteiger partial charge in [0.05, 0.1) is 26.1 Å². The summed E-state index contributed by atoms with van der Waals surface area (Å²) in [6, 6.07) is 0. The molecule has 0 aromatic heterocycles. The Morgan fingerprint density at radius 3 is 1.42 bits per heavy atom. The molecule has 2 N–H and O–H groups in total. The third-order valence-electron chi connectivity index (χ3n) is 3.99. The molecule has 0 aromatic carbocycles. The topological polar surface area (TPSA) is 76.7 Å². The van der Waals surface area contributed by atoms with E-state index in [1.54, 1.807) is 0 Å². The van der Waals surface area contributed by atoms with Crippen LogP contribution in [0.4, 0.5) is 0 Å². The van der Waals surface area contributed by atoms with E-state index in [1.165, 1.54) is 12.8 Å². The van der Waals surface area contributed by atoms with Crippen molar-refractivity contribution < 1.29 is 19.1 Å². The van der Waals surface area contributed by atoms with Crippen molar-refractivity contribution in [2.24, 2.45) is 0 Å². The van der Waals surface area contributed by atoms with Gasteiger partial charge in [-0.2, -0.15) is 0 Å². The molecular weight excluding hydrogens is 332 g/mol. The van der Waals surface area contributed by atoms with Gasteiger partial charge in [0.1, 0.15) is 0 Å². The van der Waals surface area contributed by atoms with Crippen LogP contribution in [0.3, 0.4) is 0 Å². The Balaban J connectivity index is 3.17. The highest BCUT2D eigenvalue weighted by Crippen LogP contribution is 1.98. The van der Waals surface area contributed by atoms with Gasteiger partial charge in [-0.1, -0.05) is 39.5 Å². The maximum absolute atomic E-state index is 11.4. The molecule has 0 saturated heterocycles. The lowest BCUT2D eigenvalue weighted by Gasteiger charge is -2.07. The van der Waals surface area contributed by atoms with E-state index in [9.17, 15) is 9.59 Å². The highest BCUT2D eigenvalue weighted by molar-refractivity contribution is 5.69. The minimum absolute atomic E-state index is 0.105. The average Bonchev–Trinajstić information content (AvgIpc) is 2.63. The fourth-order valence-electron chi connectivity index (χ4n) is 2.29. The van der Waals surface area contributed by atoms with Crippen LogP contribution in [0.15, 0.2) is 0 Å². The highest BCUT2D eigenvalue weighted by atomic mass is 16.5. The van der Waals surface area contributed by atoms with Crippen LogP contribution in [0.2, 0.25) is 0 Å². The second kappa shape index (κ2) is 20.2. The molecule has 0 aliphatic heterocycles. The van der Waals surface area contributed by atoms with Gasteiger partial charge in [-0.15, -0.1) is 0 Å². The van der Waals surface area contributed by atoms with Crippen LogP contribution < -0.4 is 10.6 Å². The molecule has 6 nitrogen and oxygen atoms in total. The van der Waals surface area contributed by atoms with E-state index in [-0.39, 0.29) is 11.9 Å². The normalized spacial score (nSPS) is 10.7. The van der Waals surface area contributed by atoms with Crippen LogP contribution in [0.1, 0.15) is 78.1 Å². The SMILES string of the molecule is CCCCOC(=O)CCNCCCCCCNCCC(=O)OCCCC. The lowest BCUT2D eigenvalue weighted by atomic mass is 10.2. The van der Waals surface area contributed by atoms with Gasteiger partial charge < -0.3 is 20.1 Å². The second-order valence-corrected chi connectivity index (χ2v) is 6.56. The number of rotatable bonds is 19. The molecule has 0 heterocycles. The van der Waals surface area contributed by atoms with Crippen LogP contribution in [0.25, 0.3) is 0 Å². The van der Waals surface area contributed by atoms with Crippen molar-refractivity contribution in [3.63, 3.8) is 0 Å². The summed E-state index contributed by atoms with van der Waals surface area (Å²) in [6.07, 6.45) is 9.48. The summed E-state index contributed by atoms with van der Waals surface area (Å²) in [7, 11) is 0. The molecule has 0 radical (unpaired) electrons. The van der Waals surface area contributed by atoms with Crippen LogP contribution in [-0.2, 0) is 19.1 Å². The van der Waals surface area contributed by atoms with Crippen molar-refractivity contribution in [3.05, 3.63) is 0 Å². The van der Waals surface area contributed by atoms with Crippen molar-refractivity contribution in [3.8, 4) is 0 Å². The number of hydrogen-bond donors (Lipinski definition) is 2. The maximum Gasteiger partial charge on any atom is 0.307 e. The van der Waals surface area contributed by atoms with Crippen LogP contribution in [0, 0.1) is 0 Å². The van der Waals surface area contributed by atoms with Gasteiger partial charge in [0.15, 0.2) is 0 Å². The lowest BCUT2D eigenvalue weighted by Crippen LogP contribution is -2.21. The Labute approximate surface area is 159 Å². The zero-order valence-electron chi connectivity index (χ0n) is 16.9. The van der Waals surface area contributed by atoms with Gasteiger partial charge in [0.2, 0.25) is 0 Å². The van der Waals surface area contributed by atoms with E-state index >= 15 is 0 Å². The minimum Gasteiger partial charge on any atom is -0.466 e. The van der Waals surface area contributed by atoms with Gasteiger partial charge in [0, 0.05) is 13.1 Å². The van der Waals surface area contributed by atoms with Gasteiger partial charge in [-0.25, -0.2) is 0 Å². The molecule has 0 bridgehead atoms. The summed E-state index contributed by atoms with van der Waals surface area (Å²) in [5.74, 6) is -0.211. The average molecular weight is 373 g/mol. The fourth-order valence-corrected chi connectivity index (χ4v) is 2.29. The first kappa shape index (κ1) is 24.9. The molecule has 0 aliphatic rings. The lowest BCUT2D eigenvalue weighted by molar-refractivity contribution is -0.144. The van der Waals surface area contributed by atoms with E-state index in [0.717, 1.165) is 51.6 Å². The van der Waals surface area contributed by atoms with Gasteiger partial charge in [-0.3, -0.25) is 9.59 Å². The molecule has 0 aliphatic carbocycles. The molecule has 154 valence electrons. The van der Waals surface area contributed by atoms with Crippen molar-refractivity contribution in [1.29, 1.82) is 0 Å². The van der Waals surface area contributed by atoms with Crippen LogP contribution >= 0.6 is 0 Å². The summed E-state index contributed by atoms with van der Waals surface area (Å²) >= 11 is 0. The number of carbonyl (C=O) groups is 2. The fraction of sp³-hybridized carbons (Fsp3) is 0.900. The summed E-state index contributed by atoms with van der Waals surface area (Å²) in [6.45, 7) is 8.53. The molecule has 0 aromatic rings. The zero-order chi connectivity index (χ0) is 19.3. The van der Waals surface area contributed by atoms with Crippen molar-refractivity contribution in [2.75, 3.05) is 39.4 Å². The third kappa shape index (κ3) is 19.2. The van der Waals surface area contributed by atoms with Crippen molar-refractivity contribution in [2.45, 2.75) is 78.1 Å². The van der Waals surface area contributed by atoms with Gasteiger partial charge in [0.25, 0.3) is 0 Å². The van der Waals surface area contributed by atoms with E-state index < -0.39 is 0 Å². The molecule has 0 amide bonds. The standard InChI is InChI=1S/C20H40N2O4/c1-3-5-17-25-19(23)11-15-21-13-9-7-8-10-14-22-16-12-20(24)26-18-6-4-2/h21-22H,3-18H2,1-2H3. The molecule has 6 heteroatoms. The van der Waals surface area contributed by atoms with E-state index in [4.69, 9.17) is 9.47 Å². The van der Waals surface area contributed by atoms with Gasteiger partial charge in [-0.05, 0) is 38.8 Å². The van der Waals surface area contributed by atoms with E-state index in [1.807, 2.05) is 0 Å². The molecule has 0 atom stereocenters. The third-order valence-corrected chi connectivity index (χ3v) is 3.99. The molecule has 0 spiro atoms. The molecule has 26 heavy (non-hydrogen) atoms. The summed E-state index contributed by atoms with van der Waals surface area (Å²) in [5.41, 5.74) is 0. The molecule has 0 unspecified atom stereocenters. The molecule has 0 fully saturated rings. The predicted octanol–water partition coefficient (Wildman–Crippen LogP) is 3.19.